The van der Waals surface area contributed by atoms with Crippen molar-refractivity contribution in [1.82, 2.24) is 10.2 Å². The maximum atomic E-state index is 8.93. The lowest BCUT2D eigenvalue weighted by atomic mass is 10.0. The van der Waals surface area contributed by atoms with Gasteiger partial charge >= 0.3 is 0 Å². The largest absolute Gasteiger partial charge is 0.314 e. The second kappa shape index (κ2) is 9.14. The summed E-state index contributed by atoms with van der Waals surface area (Å²) in [6.45, 7) is 4.20. The molecule has 1 saturated heterocycles. The highest BCUT2D eigenvalue weighted by atomic mass is 35.5. The lowest BCUT2D eigenvalue weighted by Crippen LogP contribution is -2.45. The van der Waals surface area contributed by atoms with E-state index in [1.807, 2.05) is 12.1 Å². The minimum absolute atomic E-state index is 0. The Labute approximate surface area is 147 Å². The quantitative estimate of drug-likeness (QED) is 0.916. The monoisotopic (exact) mass is 355 g/mol. The number of hydrogen-bond donors (Lipinski definition) is 1. The van der Waals surface area contributed by atoms with Gasteiger partial charge in [0.2, 0.25) is 0 Å². The van der Waals surface area contributed by atoms with Crippen molar-refractivity contribution >= 4 is 36.2 Å². The molecule has 2 aromatic rings. The summed E-state index contributed by atoms with van der Waals surface area (Å²) in [6, 6.07) is 14.8. The normalized spacial score (nSPS) is 16.0. The van der Waals surface area contributed by atoms with Crippen molar-refractivity contribution in [2.24, 2.45) is 0 Å². The average Bonchev–Trinajstić information content (AvgIpc) is 3.03. The zero-order valence-corrected chi connectivity index (χ0v) is 14.5. The van der Waals surface area contributed by atoms with Crippen molar-refractivity contribution in [3.63, 3.8) is 0 Å². The number of nitrogens with one attached hydrogen (secondary N) is 1. The maximum absolute atomic E-state index is 8.93. The highest BCUT2D eigenvalue weighted by Crippen LogP contribution is 2.32. The van der Waals surface area contributed by atoms with E-state index in [9.17, 15) is 0 Å². The summed E-state index contributed by atoms with van der Waals surface area (Å²) in [4.78, 5) is 3.89. The Bertz CT molecular complexity index is 587. The summed E-state index contributed by atoms with van der Waals surface area (Å²) in [7, 11) is 0. The third kappa shape index (κ3) is 4.22. The molecule has 0 aliphatic carbocycles. The maximum Gasteiger partial charge on any atom is 0.0991 e. The van der Waals surface area contributed by atoms with Crippen LogP contribution in [0.2, 0.25) is 0 Å². The number of rotatable bonds is 3. The summed E-state index contributed by atoms with van der Waals surface area (Å²) < 4.78 is 0. The summed E-state index contributed by atoms with van der Waals surface area (Å²) in [5, 5.41) is 14.5. The van der Waals surface area contributed by atoms with Crippen molar-refractivity contribution in [1.29, 1.82) is 5.26 Å². The summed E-state index contributed by atoms with van der Waals surface area (Å²) >= 11 is 1.80. The predicted octanol–water partition coefficient (Wildman–Crippen LogP) is 3.46. The Hall–Kier alpha value is -1.09. The molecule has 1 N–H and O–H groups in total. The fraction of sp³-hybridized carbons (Fsp3) is 0.312. The fourth-order valence-corrected chi connectivity index (χ4v) is 3.57. The minimum atomic E-state index is 0. The van der Waals surface area contributed by atoms with Crippen LogP contribution in [0, 0.1) is 11.3 Å². The molecule has 1 aromatic heterocycles. The lowest BCUT2D eigenvalue weighted by molar-refractivity contribution is 0.200. The molecule has 3 rings (SSSR count). The van der Waals surface area contributed by atoms with Crippen LogP contribution < -0.4 is 5.32 Å². The van der Waals surface area contributed by atoms with Crippen LogP contribution in [0.3, 0.4) is 0 Å². The first kappa shape index (κ1) is 19.0. The fourth-order valence-electron chi connectivity index (χ4n) is 2.68. The Balaban J connectivity index is 0.00000121. The standard InChI is InChI=1S/C16H17N3S.2ClH/c17-12-13-3-5-14(6-4-13)16(15-2-1-11-20-15)19-9-7-18-8-10-19;;/h1-6,11,16,18H,7-10H2;2*1H/t16-;;/m1../s1. The van der Waals surface area contributed by atoms with Crippen LogP contribution in [0.4, 0.5) is 0 Å². The van der Waals surface area contributed by atoms with E-state index in [1.54, 1.807) is 11.3 Å². The lowest BCUT2D eigenvalue weighted by Gasteiger charge is -2.34. The Kier molecular flexibility index (Phi) is 7.88. The number of nitrogens with zero attached hydrogens (tertiary/aromatic N) is 2. The molecule has 118 valence electrons. The van der Waals surface area contributed by atoms with Gasteiger partial charge in [0.05, 0.1) is 17.7 Å². The van der Waals surface area contributed by atoms with Gasteiger partial charge in [-0.15, -0.1) is 36.2 Å². The van der Waals surface area contributed by atoms with Gasteiger partial charge in [0.15, 0.2) is 0 Å². The second-order valence-corrected chi connectivity index (χ2v) is 5.92. The van der Waals surface area contributed by atoms with E-state index in [4.69, 9.17) is 5.26 Å². The summed E-state index contributed by atoms with van der Waals surface area (Å²) in [5.41, 5.74) is 1.99. The van der Waals surface area contributed by atoms with Gasteiger partial charge in [-0.25, -0.2) is 0 Å². The number of thiophene rings is 1. The van der Waals surface area contributed by atoms with Crippen molar-refractivity contribution in [2.45, 2.75) is 6.04 Å². The van der Waals surface area contributed by atoms with E-state index in [0.717, 1.165) is 31.7 Å². The highest BCUT2D eigenvalue weighted by molar-refractivity contribution is 7.10. The van der Waals surface area contributed by atoms with Gasteiger partial charge in [0.25, 0.3) is 0 Å². The smallest absolute Gasteiger partial charge is 0.0991 e. The van der Waals surface area contributed by atoms with E-state index in [2.05, 4.69) is 45.9 Å². The number of benzene rings is 1. The minimum Gasteiger partial charge on any atom is -0.314 e. The molecule has 1 aromatic carbocycles. The Morgan fingerprint density at radius 3 is 2.32 bits per heavy atom. The van der Waals surface area contributed by atoms with Crippen LogP contribution in [-0.4, -0.2) is 31.1 Å². The molecule has 3 nitrogen and oxygen atoms in total. The molecule has 1 aliphatic rings. The van der Waals surface area contributed by atoms with E-state index in [0.29, 0.717) is 6.04 Å². The molecule has 0 spiro atoms. The van der Waals surface area contributed by atoms with E-state index < -0.39 is 0 Å². The third-order valence-corrected chi connectivity index (χ3v) is 4.61. The number of halogens is 2. The predicted molar refractivity (Wildman–Crippen MR) is 96.3 cm³/mol. The number of nitriles is 1. The number of piperazine rings is 1. The van der Waals surface area contributed by atoms with Crippen molar-refractivity contribution in [3.8, 4) is 6.07 Å². The van der Waals surface area contributed by atoms with Gasteiger partial charge < -0.3 is 5.32 Å². The molecule has 0 radical (unpaired) electrons. The van der Waals surface area contributed by atoms with Crippen molar-refractivity contribution in [3.05, 3.63) is 57.8 Å². The van der Waals surface area contributed by atoms with Crippen molar-refractivity contribution < 1.29 is 0 Å². The highest BCUT2D eigenvalue weighted by Gasteiger charge is 2.24. The van der Waals surface area contributed by atoms with Crippen molar-refractivity contribution in [2.75, 3.05) is 26.2 Å². The molecule has 0 amide bonds. The Morgan fingerprint density at radius 1 is 1.09 bits per heavy atom. The van der Waals surface area contributed by atoms with Gasteiger partial charge in [0.1, 0.15) is 0 Å². The summed E-state index contributed by atoms with van der Waals surface area (Å²) in [5.74, 6) is 0. The van der Waals surface area contributed by atoms with Crippen LogP contribution in [0.15, 0.2) is 41.8 Å². The van der Waals surface area contributed by atoms with Gasteiger partial charge in [-0.3, -0.25) is 4.90 Å². The zero-order valence-electron chi connectivity index (χ0n) is 12.1. The van der Waals surface area contributed by atoms with Gasteiger partial charge in [-0.1, -0.05) is 18.2 Å². The molecule has 0 bridgehead atoms. The van der Waals surface area contributed by atoms with Gasteiger partial charge in [0, 0.05) is 31.1 Å². The van der Waals surface area contributed by atoms with Crippen LogP contribution in [0.25, 0.3) is 0 Å². The van der Waals surface area contributed by atoms with E-state index in [-0.39, 0.29) is 24.8 Å². The molecule has 1 fully saturated rings. The van der Waals surface area contributed by atoms with Gasteiger partial charge in [-0.05, 0) is 29.1 Å². The number of hydrogen-bond acceptors (Lipinski definition) is 4. The third-order valence-electron chi connectivity index (χ3n) is 3.68. The molecule has 22 heavy (non-hydrogen) atoms. The average molecular weight is 356 g/mol. The first-order chi connectivity index (χ1) is 9.88. The molecular formula is C16H19Cl2N3S. The molecule has 0 saturated carbocycles. The molecule has 6 heteroatoms. The molecule has 2 heterocycles. The molecular weight excluding hydrogens is 337 g/mol. The first-order valence-corrected chi connectivity index (χ1v) is 7.74. The Morgan fingerprint density at radius 2 is 1.77 bits per heavy atom. The van der Waals surface area contributed by atoms with Crippen LogP contribution in [0.5, 0.6) is 0 Å². The van der Waals surface area contributed by atoms with Crippen LogP contribution >= 0.6 is 36.2 Å². The van der Waals surface area contributed by atoms with Crippen LogP contribution in [-0.2, 0) is 0 Å². The van der Waals surface area contributed by atoms with Crippen LogP contribution in [0.1, 0.15) is 22.0 Å². The van der Waals surface area contributed by atoms with E-state index in [1.165, 1.54) is 10.4 Å². The molecule has 1 aliphatic heterocycles. The molecule has 1 atom stereocenters. The zero-order chi connectivity index (χ0) is 13.8. The topological polar surface area (TPSA) is 39.1 Å². The first-order valence-electron chi connectivity index (χ1n) is 6.87. The molecule has 0 unspecified atom stereocenters. The summed E-state index contributed by atoms with van der Waals surface area (Å²) in [6.07, 6.45) is 0. The van der Waals surface area contributed by atoms with Gasteiger partial charge in [-0.2, -0.15) is 5.26 Å². The SMILES string of the molecule is Cl.Cl.N#Cc1ccc([C@H](c2cccs2)N2CCNCC2)cc1. The second-order valence-electron chi connectivity index (χ2n) is 4.94. The van der Waals surface area contributed by atoms with E-state index >= 15 is 0 Å².